The Morgan fingerprint density at radius 1 is 1.40 bits per heavy atom. The van der Waals surface area contributed by atoms with Crippen LogP contribution in [0.25, 0.3) is 0 Å². The number of benzene rings is 1. The lowest BCUT2D eigenvalue weighted by atomic mass is 10.3. The Kier molecular flexibility index (Phi) is 2.38. The van der Waals surface area contributed by atoms with Gasteiger partial charge in [-0.2, -0.15) is 0 Å². The molecular formula is C9H8F2NO2S. The number of hydrogen-bond donors (Lipinski definition) is 1. The maximum Gasteiger partial charge on any atom is 0.235 e. The Labute approximate surface area is 86.2 Å². The van der Waals surface area contributed by atoms with E-state index in [0.717, 1.165) is 12.1 Å². The molecule has 2 rings (SSSR count). The quantitative estimate of drug-likeness (QED) is 0.861. The predicted molar refractivity (Wildman–Crippen MR) is 50.8 cm³/mol. The van der Waals surface area contributed by atoms with Crippen molar-refractivity contribution in [1.29, 1.82) is 0 Å². The maximum atomic E-state index is 12.7. The summed E-state index contributed by atoms with van der Waals surface area (Å²) in [5.74, 6) is -2.24. The van der Waals surface area contributed by atoms with Crippen molar-refractivity contribution in [3.05, 3.63) is 29.8 Å². The Bertz CT molecular complexity index is 483. The lowest BCUT2D eigenvalue weighted by molar-refractivity contribution is 0.507. The van der Waals surface area contributed by atoms with E-state index in [9.17, 15) is 17.2 Å². The fraction of sp³-hybridized carbons (Fsp3) is 0.333. The van der Waals surface area contributed by atoms with E-state index in [0.29, 0.717) is 12.8 Å². The first-order chi connectivity index (χ1) is 6.99. The number of sulfonamides is 1. The number of nitrogens with one attached hydrogen (secondary N) is 1. The van der Waals surface area contributed by atoms with E-state index >= 15 is 0 Å². The van der Waals surface area contributed by atoms with E-state index < -0.39 is 26.9 Å². The molecule has 0 heterocycles. The molecule has 0 spiro atoms. The second-order valence-electron chi connectivity index (χ2n) is 3.40. The van der Waals surface area contributed by atoms with Crippen molar-refractivity contribution in [3.63, 3.8) is 0 Å². The van der Waals surface area contributed by atoms with Gasteiger partial charge in [-0.25, -0.2) is 17.2 Å². The minimum absolute atomic E-state index is 0.000741. The molecule has 1 aromatic carbocycles. The van der Waals surface area contributed by atoms with Crippen LogP contribution in [-0.4, -0.2) is 13.7 Å². The van der Waals surface area contributed by atoms with Crippen molar-refractivity contribution in [1.82, 2.24) is 0 Å². The normalized spacial score (nSPS) is 16.4. The van der Waals surface area contributed by atoms with Gasteiger partial charge in [0, 0.05) is 12.1 Å². The molecule has 0 atom stereocenters. The Hall–Kier alpha value is -1.17. The third kappa shape index (κ3) is 2.26. The topological polar surface area (TPSA) is 46.2 Å². The first-order valence-corrected chi connectivity index (χ1v) is 5.92. The third-order valence-electron chi connectivity index (χ3n) is 2.07. The Morgan fingerprint density at radius 2 is 2.07 bits per heavy atom. The highest BCUT2D eigenvalue weighted by Gasteiger charge is 2.35. The minimum atomic E-state index is -3.43. The molecule has 1 aromatic rings. The highest BCUT2D eigenvalue weighted by molar-refractivity contribution is 7.93. The van der Waals surface area contributed by atoms with Gasteiger partial charge in [-0.05, 0) is 18.9 Å². The number of rotatable bonds is 3. The zero-order chi connectivity index (χ0) is 11.1. The van der Waals surface area contributed by atoms with E-state index in [1.54, 1.807) is 0 Å². The summed E-state index contributed by atoms with van der Waals surface area (Å²) in [6.07, 6.45) is 1.23. The summed E-state index contributed by atoms with van der Waals surface area (Å²) in [6.45, 7) is 0. The van der Waals surface area contributed by atoms with Crippen LogP contribution in [-0.2, 0) is 10.0 Å². The van der Waals surface area contributed by atoms with Crippen LogP contribution in [0.2, 0.25) is 0 Å². The first-order valence-electron chi connectivity index (χ1n) is 4.37. The zero-order valence-electron chi connectivity index (χ0n) is 7.63. The third-order valence-corrected chi connectivity index (χ3v) is 3.94. The minimum Gasteiger partial charge on any atom is -0.283 e. The average Bonchev–Trinajstić information content (AvgIpc) is 2.93. The van der Waals surface area contributed by atoms with Crippen LogP contribution in [0.3, 0.4) is 0 Å². The zero-order valence-corrected chi connectivity index (χ0v) is 8.44. The first kappa shape index (κ1) is 10.4. The van der Waals surface area contributed by atoms with E-state index in [1.165, 1.54) is 0 Å². The van der Waals surface area contributed by atoms with E-state index in [1.807, 2.05) is 6.07 Å². The highest BCUT2D eigenvalue weighted by Crippen LogP contribution is 2.29. The van der Waals surface area contributed by atoms with Gasteiger partial charge in [0.25, 0.3) is 0 Å². The van der Waals surface area contributed by atoms with Gasteiger partial charge in [0.05, 0.1) is 10.9 Å². The van der Waals surface area contributed by atoms with Gasteiger partial charge >= 0.3 is 0 Å². The molecule has 0 amide bonds. The van der Waals surface area contributed by atoms with Gasteiger partial charge in [0.15, 0.2) is 11.6 Å². The van der Waals surface area contributed by atoms with Crippen molar-refractivity contribution in [2.45, 2.75) is 18.1 Å². The fourth-order valence-electron chi connectivity index (χ4n) is 1.14. The van der Waals surface area contributed by atoms with E-state index in [2.05, 4.69) is 4.72 Å². The van der Waals surface area contributed by atoms with Gasteiger partial charge in [-0.15, -0.1) is 0 Å². The largest absolute Gasteiger partial charge is 0.283 e. The predicted octanol–water partition coefficient (Wildman–Crippen LogP) is 1.67. The van der Waals surface area contributed by atoms with E-state index in [-0.39, 0.29) is 5.69 Å². The Morgan fingerprint density at radius 3 is 2.60 bits per heavy atom. The summed E-state index contributed by atoms with van der Waals surface area (Å²) in [4.78, 5) is 0. The van der Waals surface area contributed by atoms with Crippen LogP contribution >= 0.6 is 0 Å². The molecule has 1 saturated carbocycles. The Balaban J connectivity index is 2.21. The molecule has 1 aliphatic rings. The van der Waals surface area contributed by atoms with Gasteiger partial charge in [0.1, 0.15) is 0 Å². The molecule has 81 valence electrons. The summed E-state index contributed by atoms with van der Waals surface area (Å²) >= 11 is 0. The SMILES string of the molecule is O=S(=O)(Nc1c[c]c(F)c(F)c1)C1CC1. The number of anilines is 1. The van der Waals surface area contributed by atoms with Crippen LogP contribution in [0, 0.1) is 17.7 Å². The summed E-state index contributed by atoms with van der Waals surface area (Å²) < 4.78 is 50.2. The molecule has 15 heavy (non-hydrogen) atoms. The standard InChI is InChI=1S/C9H8F2NO2S/c10-8-4-1-6(5-9(8)11)12-15(13,14)7-2-3-7/h1,5,7,12H,2-3H2. The van der Waals surface area contributed by atoms with Gasteiger partial charge in [-0.1, -0.05) is 0 Å². The number of halogens is 2. The van der Waals surface area contributed by atoms with Crippen LogP contribution in [0.15, 0.2) is 12.1 Å². The summed E-state index contributed by atoms with van der Waals surface area (Å²) in [7, 11) is -3.43. The van der Waals surface area contributed by atoms with Gasteiger partial charge in [-0.3, -0.25) is 4.72 Å². The molecule has 3 nitrogen and oxygen atoms in total. The van der Waals surface area contributed by atoms with E-state index in [4.69, 9.17) is 0 Å². The van der Waals surface area contributed by atoms with Crippen molar-refractivity contribution in [2.24, 2.45) is 0 Å². The fourth-order valence-corrected chi connectivity index (χ4v) is 2.51. The van der Waals surface area contributed by atoms with Crippen molar-refractivity contribution in [3.8, 4) is 0 Å². The average molecular weight is 232 g/mol. The molecule has 0 aromatic heterocycles. The van der Waals surface area contributed by atoms with Crippen molar-refractivity contribution >= 4 is 15.7 Å². The smallest absolute Gasteiger partial charge is 0.235 e. The molecule has 0 unspecified atom stereocenters. The highest BCUT2D eigenvalue weighted by atomic mass is 32.2. The summed E-state index contributed by atoms with van der Waals surface area (Å²) in [6, 6.07) is 3.85. The van der Waals surface area contributed by atoms with Crippen LogP contribution < -0.4 is 4.72 Å². The van der Waals surface area contributed by atoms with Crippen LogP contribution in [0.5, 0.6) is 0 Å². The van der Waals surface area contributed by atoms with Gasteiger partial charge in [0.2, 0.25) is 10.0 Å². The molecule has 1 N–H and O–H groups in total. The van der Waals surface area contributed by atoms with Gasteiger partial charge < -0.3 is 0 Å². The molecule has 1 radical (unpaired) electrons. The van der Waals surface area contributed by atoms with Crippen LogP contribution in [0.4, 0.5) is 14.5 Å². The lowest BCUT2D eigenvalue weighted by Gasteiger charge is -2.06. The maximum absolute atomic E-state index is 12.7. The molecule has 0 bridgehead atoms. The second kappa shape index (κ2) is 3.44. The second-order valence-corrected chi connectivity index (χ2v) is 5.36. The number of hydrogen-bond acceptors (Lipinski definition) is 2. The summed E-state index contributed by atoms with van der Waals surface area (Å²) in [5.41, 5.74) is 0.000741. The molecule has 0 aliphatic heterocycles. The molecular weight excluding hydrogens is 224 g/mol. The van der Waals surface area contributed by atoms with Crippen LogP contribution in [0.1, 0.15) is 12.8 Å². The van der Waals surface area contributed by atoms with Crippen molar-refractivity contribution in [2.75, 3.05) is 4.72 Å². The lowest BCUT2D eigenvalue weighted by Crippen LogP contribution is -2.17. The molecule has 6 heteroatoms. The summed E-state index contributed by atoms with van der Waals surface area (Å²) in [5, 5.41) is -0.398. The molecule has 1 aliphatic carbocycles. The molecule has 1 fully saturated rings. The van der Waals surface area contributed by atoms with Crippen molar-refractivity contribution < 1.29 is 17.2 Å². The molecule has 0 saturated heterocycles. The monoisotopic (exact) mass is 232 g/mol.